The molecule has 2 N–H and O–H groups in total. The molecule has 0 aliphatic rings. The molecule has 0 saturated carbocycles. The number of benzene rings is 2. The van der Waals surface area contributed by atoms with Crippen molar-refractivity contribution in [3.05, 3.63) is 77.7 Å². The van der Waals surface area contributed by atoms with Crippen LogP contribution in [0, 0.1) is 5.82 Å². The highest BCUT2D eigenvalue weighted by Crippen LogP contribution is 2.20. The second-order valence-electron chi connectivity index (χ2n) is 4.61. The van der Waals surface area contributed by atoms with Gasteiger partial charge in [-0.2, -0.15) is 5.10 Å². The minimum Gasteiger partial charge on any atom is -0.383 e. The molecule has 0 saturated heterocycles. The monoisotopic (exact) mass is 267 g/mol. The molecule has 2 aromatic carbocycles. The van der Waals surface area contributed by atoms with E-state index in [4.69, 9.17) is 5.73 Å². The maximum Gasteiger partial charge on any atom is 0.130 e. The molecule has 0 aliphatic heterocycles. The first-order valence-corrected chi connectivity index (χ1v) is 6.36. The molecule has 3 nitrogen and oxygen atoms in total. The lowest BCUT2D eigenvalue weighted by Crippen LogP contribution is -2.03. The van der Waals surface area contributed by atoms with Gasteiger partial charge >= 0.3 is 0 Å². The van der Waals surface area contributed by atoms with E-state index in [-0.39, 0.29) is 5.82 Å². The zero-order valence-electron chi connectivity index (χ0n) is 10.8. The molecule has 20 heavy (non-hydrogen) atoms. The number of rotatable bonds is 3. The van der Waals surface area contributed by atoms with Gasteiger partial charge in [-0.3, -0.25) is 0 Å². The van der Waals surface area contributed by atoms with Gasteiger partial charge in [-0.1, -0.05) is 30.3 Å². The molecule has 0 bridgehead atoms. The molecular weight excluding hydrogens is 253 g/mol. The molecular formula is C16H14FN3. The van der Waals surface area contributed by atoms with Crippen molar-refractivity contribution in [1.29, 1.82) is 0 Å². The lowest BCUT2D eigenvalue weighted by Gasteiger charge is -2.05. The van der Waals surface area contributed by atoms with Gasteiger partial charge in [0.15, 0.2) is 0 Å². The second-order valence-corrected chi connectivity index (χ2v) is 4.61. The van der Waals surface area contributed by atoms with E-state index in [1.54, 1.807) is 23.0 Å². The number of halogens is 1. The Morgan fingerprint density at radius 3 is 2.40 bits per heavy atom. The van der Waals surface area contributed by atoms with Crippen LogP contribution in [0.5, 0.6) is 0 Å². The van der Waals surface area contributed by atoms with E-state index >= 15 is 0 Å². The fourth-order valence-electron chi connectivity index (χ4n) is 2.13. The van der Waals surface area contributed by atoms with Gasteiger partial charge in [-0.05, 0) is 29.8 Å². The lowest BCUT2D eigenvalue weighted by atomic mass is 10.1. The zero-order valence-corrected chi connectivity index (χ0v) is 10.8. The van der Waals surface area contributed by atoms with E-state index in [0.717, 1.165) is 16.8 Å². The van der Waals surface area contributed by atoms with Crippen molar-refractivity contribution in [3.63, 3.8) is 0 Å². The number of nitrogens with two attached hydrogens (primary N) is 1. The van der Waals surface area contributed by atoms with Crippen molar-refractivity contribution in [2.45, 2.75) is 6.42 Å². The Bertz CT molecular complexity index is 702. The third kappa shape index (κ3) is 2.40. The van der Waals surface area contributed by atoms with E-state index in [1.165, 1.54) is 12.1 Å². The van der Waals surface area contributed by atoms with Gasteiger partial charge in [0.1, 0.15) is 11.6 Å². The van der Waals surface area contributed by atoms with E-state index in [0.29, 0.717) is 12.2 Å². The lowest BCUT2D eigenvalue weighted by molar-refractivity contribution is 0.627. The molecule has 3 rings (SSSR count). The topological polar surface area (TPSA) is 43.8 Å². The largest absolute Gasteiger partial charge is 0.383 e. The highest BCUT2D eigenvalue weighted by atomic mass is 19.1. The predicted octanol–water partition coefficient (Wildman–Crippen LogP) is 3.18. The number of aromatic nitrogens is 2. The summed E-state index contributed by atoms with van der Waals surface area (Å²) in [6.07, 6.45) is 2.39. The molecule has 4 heteroatoms. The van der Waals surface area contributed by atoms with Crippen molar-refractivity contribution in [2.75, 3.05) is 5.73 Å². The van der Waals surface area contributed by atoms with Gasteiger partial charge in [0, 0.05) is 12.0 Å². The van der Waals surface area contributed by atoms with Crippen molar-refractivity contribution in [3.8, 4) is 5.69 Å². The van der Waals surface area contributed by atoms with Crippen LogP contribution < -0.4 is 5.73 Å². The number of anilines is 1. The van der Waals surface area contributed by atoms with Crippen LogP contribution in [-0.4, -0.2) is 9.78 Å². The number of hydrogen-bond acceptors (Lipinski definition) is 2. The zero-order chi connectivity index (χ0) is 13.9. The molecule has 100 valence electrons. The van der Waals surface area contributed by atoms with E-state index in [2.05, 4.69) is 5.10 Å². The van der Waals surface area contributed by atoms with Gasteiger partial charge in [0.05, 0.1) is 11.9 Å². The highest BCUT2D eigenvalue weighted by molar-refractivity contribution is 5.48. The summed E-state index contributed by atoms with van der Waals surface area (Å²) in [5.74, 6) is 0.377. The molecule has 3 aromatic rings. The number of hydrogen-bond donors (Lipinski definition) is 1. The third-order valence-corrected chi connectivity index (χ3v) is 3.19. The quantitative estimate of drug-likeness (QED) is 0.792. The van der Waals surface area contributed by atoms with Crippen LogP contribution in [0.15, 0.2) is 60.8 Å². The Morgan fingerprint density at radius 1 is 1.00 bits per heavy atom. The Kier molecular flexibility index (Phi) is 3.21. The van der Waals surface area contributed by atoms with Gasteiger partial charge in [0.25, 0.3) is 0 Å². The fraction of sp³-hybridized carbons (Fsp3) is 0.0625. The normalized spacial score (nSPS) is 10.7. The number of para-hydroxylation sites is 1. The van der Waals surface area contributed by atoms with Crippen LogP contribution in [0.1, 0.15) is 11.1 Å². The van der Waals surface area contributed by atoms with Crippen LogP contribution >= 0.6 is 0 Å². The smallest absolute Gasteiger partial charge is 0.130 e. The Morgan fingerprint density at radius 2 is 1.70 bits per heavy atom. The first kappa shape index (κ1) is 12.4. The van der Waals surface area contributed by atoms with E-state index in [9.17, 15) is 4.39 Å². The summed E-state index contributed by atoms with van der Waals surface area (Å²) >= 11 is 0. The van der Waals surface area contributed by atoms with Crippen molar-refractivity contribution < 1.29 is 4.39 Å². The van der Waals surface area contributed by atoms with Gasteiger partial charge < -0.3 is 5.73 Å². The van der Waals surface area contributed by atoms with Crippen molar-refractivity contribution in [2.24, 2.45) is 0 Å². The van der Waals surface area contributed by atoms with E-state index < -0.39 is 0 Å². The summed E-state index contributed by atoms with van der Waals surface area (Å²) in [6, 6.07) is 16.1. The van der Waals surface area contributed by atoms with Gasteiger partial charge in [-0.25, -0.2) is 9.07 Å². The standard InChI is InChI=1S/C16H14FN3/c17-14-8-6-12(7-9-14)10-13-11-19-20(16(13)18)15-4-2-1-3-5-15/h1-9,11H,10,18H2. The maximum absolute atomic E-state index is 12.9. The van der Waals surface area contributed by atoms with Crippen LogP contribution in [0.3, 0.4) is 0 Å². The van der Waals surface area contributed by atoms with Gasteiger partial charge in [-0.15, -0.1) is 0 Å². The summed E-state index contributed by atoms with van der Waals surface area (Å²) in [6.45, 7) is 0. The first-order valence-electron chi connectivity index (χ1n) is 6.36. The van der Waals surface area contributed by atoms with Crippen LogP contribution in [0.4, 0.5) is 10.2 Å². The summed E-state index contributed by atoms with van der Waals surface area (Å²) in [4.78, 5) is 0. The minimum absolute atomic E-state index is 0.235. The Balaban J connectivity index is 1.89. The average Bonchev–Trinajstić information content (AvgIpc) is 2.84. The first-order chi connectivity index (χ1) is 9.74. The van der Waals surface area contributed by atoms with Crippen molar-refractivity contribution >= 4 is 5.82 Å². The average molecular weight is 267 g/mol. The second kappa shape index (κ2) is 5.17. The molecule has 0 unspecified atom stereocenters. The summed E-state index contributed by atoms with van der Waals surface area (Å²) in [5.41, 5.74) is 9.00. The summed E-state index contributed by atoms with van der Waals surface area (Å²) in [5, 5.41) is 4.32. The molecule has 1 heterocycles. The van der Waals surface area contributed by atoms with Crippen LogP contribution in [0.2, 0.25) is 0 Å². The third-order valence-electron chi connectivity index (χ3n) is 3.19. The number of nitrogens with zero attached hydrogens (tertiary/aromatic N) is 2. The molecule has 0 fully saturated rings. The summed E-state index contributed by atoms with van der Waals surface area (Å²) in [7, 11) is 0. The SMILES string of the molecule is Nc1c(Cc2ccc(F)cc2)cnn1-c1ccccc1. The van der Waals surface area contributed by atoms with Crippen LogP contribution in [-0.2, 0) is 6.42 Å². The van der Waals surface area contributed by atoms with E-state index in [1.807, 2.05) is 30.3 Å². The fourth-order valence-corrected chi connectivity index (χ4v) is 2.13. The van der Waals surface area contributed by atoms with Gasteiger partial charge in [0.2, 0.25) is 0 Å². The number of nitrogen functional groups attached to an aromatic ring is 1. The molecule has 0 radical (unpaired) electrons. The highest BCUT2D eigenvalue weighted by Gasteiger charge is 2.09. The molecule has 1 aromatic heterocycles. The molecule has 0 atom stereocenters. The minimum atomic E-state index is -0.235. The molecule has 0 aliphatic carbocycles. The van der Waals surface area contributed by atoms with Crippen LogP contribution in [0.25, 0.3) is 5.69 Å². The molecule has 0 spiro atoms. The maximum atomic E-state index is 12.9. The van der Waals surface area contributed by atoms with Crippen molar-refractivity contribution in [1.82, 2.24) is 9.78 Å². The predicted molar refractivity (Wildman–Crippen MR) is 77.2 cm³/mol. The summed E-state index contributed by atoms with van der Waals surface area (Å²) < 4.78 is 14.6. The Hall–Kier alpha value is -2.62. The molecule has 0 amide bonds. The Labute approximate surface area is 116 Å².